The molecular weight excluding hydrogens is 454 g/mol. The zero-order chi connectivity index (χ0) is 27.1. The van der Waals surface area contributed by atoms with Gasteiger partial charge in [-0.15, -0.1) is 0 Å². The zero-order valence-corrected chi connectivity index (χ0v) is 23.7. The lowest BCUT2D eigenvalue weighted by Gasteiger charge is -2.33. The summed E-state index contributed by atoms with van der Waals surface area (Å²) in [5.74, 6) is -0.489. The van der Waals surface area contributed by atoms with Gasteiger partial charge in [0.2, 0.25) is 11.8 Å². The quantitative estimate of drug-likeness (QED) is 0.288. The second-order valence-corrected chi connectivity index (χ2v) is 10.6. The smallest absolute Gasteiger partial charge is 0.408 e. The van der Waals surface area contributed by atoms with Gasteiger partial charge in [-0.2, -0.15) is 0 Å². The number of unbranched alkanes of at least 4 members (excludes halogenated alkanes) is 6. The molecule has 0 heterocycles. The fraction of sp³-hybridized carbons (Fsp3) is 0.690. The lowest BCUT2D eigenvalue weighted by atomic mass is 9.96. The van der Waals surface area contributed by atoms with Gasteiger partial charge < -0.3 is 20.3 Å². The standard InChI is InChI=1S/C29H49N3O4/c1-8-10-12-13-14-15-19-32(25(33)21-31-28(35)36-29(5,6)7)26(27(34)30-18-11-9-2)24-17-16-22(3)20-23(24)4/h16-17,20,26H,8-15,18-19,21H2,1-7H3,(H,30,34)(H,31,35). The summed E-state index contributed by atoms with van der Waals surface area (Å²) >= 11 is 0. The summed E-state index contributed by atoms with van der Waals surface area (Å²) in [7, 11) is 0. The molecule has 0 spiro atoms. The van der Waals surface area contributed by atoms with Gasteiger partial charge in [-0.1, -0.05) is 76.1 Å². The number of carbonyl (C=O) groups is 3. The van der Waals surface area contributed by atoms with Crippen LogP contribution in [-0.2, 0) is 14.3 Å². The third-order valence-electron chi connectivity index (χ3n) is 5.97. The van der Waals surface area contributed by atoms with Crippen LogP contribution in [0, 0.1) is 13.8 Å². The van der Waals surface area contributed by atoms with E-state index in [4.69, 9.17) is 4.74 Å². The van der Waals surface area contributed by atoms with Crippen LogP contribution in [0.25, 0.3) is 0 Å². The first-order valence-electron chi connectivity index (χ1n) is 13.6. The van der Waals surface area contributed by atoms with Crippen LogP contribution >= 0.6 is 0 Å². The van der Waals surface area contributed by atoms with Gasteiger partial charge in [-0.05, 0) is 58.6 Å². The van der Waals surface area contributed by atoms with Crippen molar-refractivity contribution in [2.24, 2.45) is 0 Å². The third-order valence-corrected chi connectivity index (χ3v) is 5.97. The summed E-state index contributed by atoms with van der Waals surface area (Å²) in [5, 5.41) is 5.60. The number of rotatable bonds is 15. The molecule has 0 aromatic heterocycles. The molecule has 204 valence electrons. The highest BCUT2D eigenvalue weighted by Crippen LogP contribution is 2.26. The average molecular weight is 504 g/mol. The van der Waals surface area contributed by atoms with E-state index in [9.17, 15) is 14.4 Å². The van der Waals surface area contributed by atoms with Crippen molar-refractivity contribution in [3.05, 3.63) is 34.9 Å². The van der Waals surface area contributed by atoms with Crippen molar-refractivity contribution in [1.29, 1.82) is 0 Å². The first-order chi connectivity index (χ1) is 17.0. The van der Waals surface area contributed by atoms with Gasteiger partial charge >= 0.3 is 6.09 Å². The average Bonchev–Trinajstić information content (AvgIpc) is 2.79. The van der Waals surface area contributed by atoms with Gasteiger partial charge in [0, 0.05) is 13.1 Å². The largest absolute Gasteiger partial charge is 0.444 e. The lowest BCUT2D eigenvalue weighted by molar-refractivity contribution is -0.140. The Morgan fingerprint density at radius 1 is 0.917 bits per heavy atom. The Bertz CT molecular complexity index is 832. The fourth-order valence-electron chi connectivity index (χ4n) is 4.09. The first-order valence-corrected chi connectivity index (χ1v) is 13.6. The normalized spacial score (nSPS) is 12.1. The van der Waals surface area contributed by atoms with Crippen molar-refractivity contribution in [2.45, 2.75) is 111 Å². The van der Waals surface area contributed by atoms with Gasteiger partial charge in [0.05, 0.1) is 0 Å². The monoisotopic (exact) mass is 503 g/mol. The van der Waals surface area contributed by atoms with Gasteiger partial charge in [0.25, 0.3) is 0 Å². The molecule has 1 atom stereocenters. The van der Waals surface area contributed by atoms with Crippen LogP contribution in [0.5, 0.6) is 0 Å². The number of hydrogen-bond acceptors (Lipinski definition) is 4. The molecule has 7 heteroatoms. The Balaban J connectivity index is 3.18. The number of hydrogen-bond donors (Lipinski definition) is 2. The van der Waals surface area contributed by atoms with E-state index in [-0.39, 0.29) is 18.4 Å². The van der Waals surface area contributed by atoms with Crippen molar-refractivity contribution in [1.82, 2.24) is 15.5 Å². The van der Waals surface area contributed by atoms with E-state index < -0.39 is 17.7 Å². The maximum atomic E-state index is 13.5. The summed E-state index contributed by atoms with van der Waals surface area (Å²) in [5.41, 5.74) is 2.21. The predicted molar refractivity (Wildman–Crippen MR) is 146 cm³/mol. The summed E-state index contributed by atoms with van der Waals surface area (Å²) in [6, 6.07) is 5.19. The minimum absolute atomic E-state index is 0.188. The number of benzene rings is 1. The third kappa shape index (κ3) is 11.9. The van der Waals surface area contributed by atoms with Crippen LogP contribution < -0.4 is 10.6 Å². The van der Waals surface area contributed by atoms with Crippen LogP contribution in [-0.4, -0.2) is 48.0 Å². The van der Waals surface area contributed by atoms with E-state index >= 15 is 0 Å². The van der Waals surface area contributed by atoms with E-state index in [1.807, 2.05) is 32.0 Å². The van der Waals surface area contributed by atoms with Crippen LogP contribution in [0.4, 0.5) is 4.79 Å². The Morgan fingerprint density at radius 3 is 2.17 bits per heavy atom. The van der Waals surface area contributed by atoms with Crippen molar-refractivity contribution in [3.8, 4) is 0 Å². The molecule has 0 aliphatic rings. The van der Waals surface area contributed by atoms with Crippen molar-refractivity contribution in [2.75, 3.05) is 19.6 Å². The van der Waals surface area contributed by atoms with E-state index in [0.29, 0.717) is 13.1 Å². The molecule has 1 unspecified atom stereocenters. The molecular formula is C29H49N3O4. The van der Waals surface area contributed by atoms with E-state index in [2.05, 4.69) is 24.5 Å². The Morgan fingerprint density at radius 2 is 1.56 bits per heavy atom. The molecule has 2 N–H and O–H groups in total. The zero-order valence-electron chi connectivity index (χ0n) is 23.7. The van der Waals surface area contributed by atoms with Crippen LogP contribution in [0.15, 0.2) is 18.2 Å². The topological polar surface area (TPSA) is 87.7 Å². The Labute approximate surface area is 218 Å². The van der Waals surface area contributed by atoms with Crippen molar-refractivity contribution < 1.29 is 19.1 Å². The first kappa shape index (κ1) is 31.5. The van der Waals surface area contributed by atoms with Gasteiger partial charge in [0.1, 0.15) is 18.2 Å². The molecule has 0 radical (unpaired) electrons. The highest BCUT2D eigenvalue weighted by Gasteiger charge is 2.32. The van der Waals surface area contributed by atoms with E-state index in [0.717, 1.165) is 48.8 Å². The van der Waals surface area contributed by atoms with Crippen LogP contribution in [0.3, 0.4) is 0 Å². The molecule has 0 saturated heterocycles. The number of alkyl carbamates (subject to hydrolysis) is 1. The van der Waals surface area contributed by atoms with Gasteiger partial charge in [-0.3, -0.25) is 9.59 Å². The Hall–Kier alpha value is -2.57. The molecule has 7 nitrogen and oxygen atoms in total. The summed E-state index contributed by atoms with van der Waals surface area (Å²) in [6.07, 6.45) is 7.62. The molecule has 0 aliphatic carbocycles. The molecule has 36 heavy (non-hydrogen) atoms. The molecule has 0 aliphatic heterocycles. The Kier molecular flexibility index (Phi) is 14.2. The molecule has 0 saturated carbocycles. The number of amides is 3. The molecule has 1 aromatic rings. The number of aryl methyl sites for hydroxylation is 2. The van der Waals surface area contributed by atoms with Crippen molar-refractivity contribution >= 4 is 17.9 Å². The van der Waals surface area contributed by atoms with Crippen molar-refractivity contribution in [3.63, 3.8) is 0 Å². The molecule has 0 fully saturated rings. The minimum atomic E-state index is -0.758. The minimum Gasteiger partial charge on any atom is -0.444 e. The lowest BCUT2D eigenvalue weighted by Crippen LogP contribution is -2.48. The maximum Gasteiger partial charge on any atom is 0.408 e. The van der Waals surface area contributed by atoms with Gasteiger partial charge in [0.15, 0.2) is 0 Å². The second-order valence-electron chi connectivity index (χ2n) is 10.6. The maximum absolute atomic E-state index is 13.5. The number of ether oxygens (including phenoxy) is 1. The molecule has 3 amide bonds. The highest BCUT2D eigenvalue weighted by molar-refractivity contribution is 5.90. The summed E-state index contributed by atoms with van der Waals surface area (Å²) in [4.78, 5) is 40.8. The summed E-state index contributed by atoms with van der Waals surface area (Å²) in [6.45, 7) is 14.3. The SMILES string of the molecule is CCCCCCCCN(C(=O)CNC(=O)OC(C)(C)C)C(C(=O)NCCCC)c1ccc(C)cc1C. The molecule has 0 bridgehead atoms. The second kappa shape index (κ2) is 16.2. The van der Waals surface area contributed by atoms with Gasteiger partial charge in [-0.25, -0.2) is 4.79 Å². The predicted octanol–water partition coefficient (Wildman–Crippen LogP) is 5.97. The van der Waals surface area contributed by atoms with Crippen LogP contribution in [0.1, 0.15) is 109 Å². The number of nitrogens with zero attached hydrogens (tertiary/aromatic N) is 1. The number of nitrogens with one attached hydrogen (secondary N) is 2. The van der Waals surface area contributed by atoms with E-state index in [1.54, 1.807) is 25.7 Å². The summed E-state index contributed by atoms with van der Waals surface area (Å²) < 4.78 is 5.29. The fourth-order valence-corrected chi connectivity index (χ4v) is 4.09. The molecule has 1 rings (SSSR count). The van der Waals surface area contributed by atoms with Crippen LogP contribution in [0.2, 0.25) is 0 Å². The number of carbonyl (C=O) groups excluding carboxylic acids is 3. The van der Waals surface area contributed by atoms with E-state index in [1.165, 1.54) is 19.3 Å². The molecule has 1 aromatic carbocycles. The highest BCUT2D eigenvalue weighted by atomic mass is 16.6.